The average molecular weight is 291 g/mol. The zero-order chi connectivity index (χ0) is 15.2. The SMILES string of the molecule is CC(C)CNCc1ccc(N(C)C2CCCN(C)C2)nn1. The van der Waals surface area contributed by atoms with Gasteiger partial charge in [-0.3, -0.25) is 0 Å². The lowest BCUT2D eigenvalue weighted by molar-refractivity contribution is 0.247. The van der Waals surface area contributed by atoms with E-state index in [1.165, 1.54) is 19.4 Å². The number of aromatic nitrogens is 2. The summed E-state index contributed by atoms with van der Waals surface area (Å²) in [6.07, 6.45) is 2.50. The van der Waals surface area contributed by atoms with Crippen molar-refractivity contribution in [2.75, 3.05) is 38.6 Å². The molecule has 2 rings (SSSR count). The summed E-state index contributed by atoms with van der Waals surface area (Å²) in [6, 6.07) is 4.72. The van der Waals surface area contributed by atoms with Crippen LogP contribution in [0.5, 0.6) is 0 Å². The largest absolute Gasteiger partial charge is 0.354 e. The fraction of sp³-hybridized carbons (Fsp3) is 0.750. The molecule has 1 aliphatic heterocycles. The van der Waals surface area contributed by atoms with Crippen molar-refractivity contribution in [2.24, 2.45) is 5.92 Å². The van der Waals surface area contributed by atoms with E-state index >= 15 is 0 Å². The average Bonchev–Trinajstić information content (AvgIpc) is 2.47. The molecule has 118 valence electrons. The highest BCUT2D eigenvalue weighted by atomic mass is 15.3. The van der Waals surface area contributed by atoms with Crippen LogP contribution in [0.15, 0.2) is 12.1 Å². The zero-order valence-electron chi connectivity index (χ0n) is 13.8. The fourth-order valence-corrected chi connectivity index (χ4v) is 2.77. The van der Waals surface area contributed by atoms with E-state index in [0.29, 0.717) is 12.0 Å². The predicted octanol–water partition coefficient (Wildman–Crippen LogP) is 1.75. The highest BCUT2D eigenvalue weighted by Crippen LogP contribution is 2.18. The minimum atomic E-state index is 0.544. The number of nitrogens with one attached hydrogen (secondary N) is 1. The summed E-state index contributed by atoms with van der Waals surface area (Å²) >= 11 is 0. The molecule has 1 atom stereocenters. The monoisotopic (exact) mass is 291 g/mol. The Hall–Kier alpha value is -1.20. The van der Waals surface area contributed by atoms with Gasteiger partial charge in [-0.1, -0.05) is 13.8 Å². The molecule has 0 aliphatic carbocycles. The number of likely N-dealkylation sites (N-methyl/N-ethyl adjacent to an activating group) is 2. The molecule has 1 aliphatic rings. The van der Waals surface area contributed by atoms with Crippen LogP contribution in [-0.4, -0.2) is 54.9 Å². The lowest BCUT2D eigenvalue weighted by Gasteiger charge is -2.36. The van der Waals surface area contributed by atoms with Crippen molar-refractivity contribution in [2.45, 2.75) is 39.3 Å². The standard InChI is InChI=1S/C16H29N5/c1-13(2)10-17-11-14-7-8-16(19-18-14)21(4)15-6-5-9-20(3)12-15/h7-8,13,15,17H,5-6,9-12H2,1-4H3. The number of hydrogen-bond donors (Lipinski definition) is 1. The van der Waals surface area contributed by atoms with E-state index in [4.69, 9.17) is 0 Å². The van der Waals surface area contributed by atoms with Gasteiger partial charge < -0.3 is 15.1 Å². The van der Waals surface area contributed by atoms with Gasteiger partial charge >= 0.3 is 0 Å². The van der Waals surface area contributed by atoms with E-state index in [-0.39, 0.29) is 0 Å². The molecule has 0 amide bonds. The van der Waals surface area contributed by atoms with E-state index in [1.54, 1.807) is 0 Å². The Balaban J connectivity index is 1.88. The number of piperidine rings is 1. The first-order chi connectivity index (χ1) is 10.1. The highest BCUT2D eigenvalue weighted by Gasteiger charge is 2.22. The maximum Gasteiger partial charge on any atom is 0.151 e. The molecule has 0 saturated carbocycles. The quantitative estimate of drug-likeness (QED) is 0.865. The van der Waals surface area contributed by atoms with Gasteiger partial charge in [0.15, 0.2) is 5.82 Å². The summed E-state index contributed by atoms with van der Waals surface area (Å²) in [5, 5.41) is 12.1. The number of likely N-dealkylation sites (tertiary alicyclic amines) is 1. The van der Waals surface area contributed by atoms with E-state index in [2.05, 4.69) is 65.4 Å². The second kappa shape index (κ2) is 7.71. The molecule has 0 bridgehead atoms. The third-order valence-electron chi connectivity index (χ3n) is 4.07. The van der Waals surface area contributed by atoms with Crippen LogP contribution in [-0.2, 0) is 6.54 Å². The van der Waals surface area contributed by atoms with Crippen LogP contribution in [0.1, 0.15) is 32.4 Å². The Morgan fingerprint density at radius 1 is 1.38 bits per heavy atom. The van der Waals surface area contributed by atoms with Crippen LogP contribution in [0.4, 0.5) is 5.82 Å². The molecule has 5 nitrogen and oxygen atoms in total. The maximum absolute atomic E-state index is 4.39. The zero-order valence-corrected chi connectivity index (χ0v) is 13.8. The topological polar surface area (TPSA) is 44.3 Å². The van der Waals surface area contributed by atoms with Crippen molar-refractivity contribution in [3.8, 4) is 0 Å². The lowest BCUT2D eigenvalue weighted by Crippen LogP contribution is -2.45. The summed E-state index contributed by atoms with van der Waals surface area (Å²) in [5.41, 5.74) is 1.01. The molecule has 1 fully saturated rings. The predicted molar refractivity (Wildman–Crippen MR) is 87.5 cm³/mol. The first-order valence-electron chi connectivity index (χ1n) is 8.01. The van der Waals surface area contributed by atoms with Crippen molar-refractivity contribution in [1.82, 2.24) is 20.4 Å². The highest BCUT2D eigenvalue weighted by molar-refractivity contribution is 5.37. The van der Waals surface area contributed by atoms with Crippen molar-refractivity contribution >= 4 is 5.82 Å². The van der Waals surface area contributed by atoms with E-state index < -0.39 is 0 Å². The fourth-order valence-electron chi connectivity index (χ4n) is 2.77. The second-order valence-electron chi connectivity index (χ2n) is 6.58. The summed E-state index contributed by atoms with van der Waals surface area (Å²) in [6.45, 7) is 8.53. The Bertz CT molecular complexity index is 417. The lowest BCUT2D eigenvalue weighted by atomic mass is 10.1. The summed E-state index contributed by atoms with van der Waals surface area (Å²) in [4.78, 5) is 4.66. The van der Waals surface area contributed by atoms with Crippen LogP contribution < -0.4 is 10.2 Å². The maximum atomic E-state index is 4.39. The molecular weight excluding hydrogens is 262 g/mol. The molecule has 1 aromatic rings. The Morgan fingerprint density at radius 3 is 2.81 bits per heavy atom. The molecule has 21 heavy (non-hydrogen) atoms. The van der Waals surface area contributed by atoms with Gasteiger partial charge in [0.2, 0.25) is 0 Å². The van der Waals surface area contributed by atoms with E-state index in [0.717, 1.165) is 31.1 Å². The number of hydrogen-bond acceptors (Lipinski definition) is 5. The van der Waals surface area contributed by atoms with Gasteiger partial charge in [0.25, 0.3) is 0 Å². The first kappa shape index (κ1) is 16.2. The molecule has 1 N–H and O–H groups in total. The second-order valence-corrected chi connectivity index (χ2v) is 6.58. The Kier molecular flexibility index (Phi) is 5.94. The molecule has 5 heteroatoms. The molecule has 2 heterocycles. The van der Waals surface area contributed by atoms with Crippen molar-refractivity contribution in [3.63, 3.8) is 0 Å². The third kappa shape index (κ3) is 4.93. The smallest absolute Gasteiger partial charge is 0.151 e. The molecule has 0 radical (unpaired) electrons. The van der Waals surface area contributed by atoms with Crippen LogP contribution in [0, 0.1) is 5.92 Å². The van der Waals surface area contributed by atoms with Gasteiger partial charge in [0.1, 0.15) is 0 Å². The van der Waals surface area contributed by atoms with Crippen molar-refractivity contribution in [3.05, 3.63) is 17.8 Å². The molecule has 0 aromatic carbocycles. The molecule has 1 unspecified atom stereocenters. The number of nitrogens with zero attached hydrogens (tertiary/aromatic N) is 4. The Morgan fingerprint density at radius 2 is 2.19 bits per heavy atom. The molecular formula is C16H29N5. The summed E-state index contributed by atoms with van der Waals surface area (Å²) < 4.78 is 0. The van der Waals surface area contributed by atoms with Crippen molar-refractivity contribution < 1.29 is 0 Å². The first-order valence-corrected chi connectivity index (χ1v) is 8.01. The normalized spacial score (nSPS) is 20.0. The molecule has 1 aromatic heterocycles. The van der Waals surface area contributed by atoms with Crippen LogP contribution >= 0.6 is 0 Å². The van der Waals surface area contributed by atoms with Gasteiger partial charge in [-0.15, -0.1) is 5.10 Å². The minimum absolute atomic E-state index is 0.544. The van der Waals surface area contributed by atoms with E-state index in [9.17, 15) is 0 Å². The van der Waals surface area contributed by atoms with Gasteiger partial charge in [0.05, 0.1) is 5.69 Å². The third-order valence-corrected chi connectivity index (χ3v) is 4.07. The number of anilines is 1. The summed E-state index contributed by atoms with van der Waals surface area (Å²) in [7, 11) is 4.32. The number of rotatable bonds is 6. The summed E-state index contributed by atoms with van der Waals surface area (Å²) in [5.74, 6) is 1.63. The van der Waals surface area contributed by atoms with Gasteiger partial charge in [0, 0.05) is 26.2 Å². The molecule has 1 saturated heterocycles. The van der Waals surface area contributed by atoms with Gasteiger partial charge in [-0.25, -0.2) is 0 Å². The van der Waals surface area contributed by atoms with Gasteiger partial charge in [-0.05, 0) is 51.0 Å². The minimum Gasteiger partial charge on any atom is -0.354 e. The van der Waals surface area contributed by atoms with Crippen LogP contribution in [0.3, 0.4) is 0 Å². The van der Waals surface area contributed by atoms with E-state index in [1.807, 2.05) is 0 Å². The van der Waals surface area contributed by atoms with Crippen molar-refractivity contribution in [1.29, 1.82) is 0 Å². The van der Waals surface area contributed by atoms with Crippen LogP contribution in [0.25, 0.3) is 0 Å². The van der Waals surface area contributed by atoms with Crippen LogP contribution in [0.2, 0.25) is 0 Å². The van der Waals surface area contributed by atoms with Gasteiger partial charge in [-0.2, -0.15) is 5.10 Å². The Labute approximate surface area is 128 Å². The molecule has 0 spiro atoms.